The third-order valence-corrected chi connectivity index (χ3v) is 8.02. The lowest BCUT2D eigenvalue weighted by Gasteiger charge is -2.27. The number of pyridine rings is 1. The summed E-state index contributed by atoms with van der Waals surface area (Å²) in [5, 5.41) is 4.04. The monoisotopic (exact) mass is 577 g/mol. The van der Waals surface area contributed by atoms with Gasteiger partial charge in [0.25, 0.3) is 0 Å². The highest BCUT2D eigenvalue weighted by molar-refractivity contribution is 9.10. The fourth-order valence-electron chi connectivity index (χ4n) is 5.69. The van der Waals surface area contributed by atoms with Crippen molar-refractivity contribution >= 4 is 67.3 Å². The summed E-state index contributed by atoms with van der Waals surface area (Å²) in [5.41, 5.74) is 7.27. The summed E-state index contributed by atoms with van der Waals surface area (Å²) in [6, 6.07) is 9.70. The molecule has 4 heterocycles. The second-order valence-corrected chi connectivity index (χ2v) is 10.8. The van der Waals surface area contributed by atoms with Gasteiger partial charge in [-0.3, -0.25) is 9.59 Å². The number of likely N-dealkylation sites (tertiary alicyclic amines) is 1. The summed E-state index contributed by atoms with van der Waals surface area (Å²) < 4.78 is 7.27. The van der Waals surface area contributed by atoms with Crippen molar-refractivity contribution in [2.45, 2.75) is 38.4 Å². The second kappa shape index (κ2) is 8.76. The summed E-state index contributed by atoms with van der Waals surface area (Å²) in [6.07, 6.45) is 2.71. The van der Waals surface area contributed by atoms with E-state index >= 15 is 0 Å². The average molecular weight is 578 g/mol. The van der Waals surface area contributed by atoms with Gasteiger partial charge in [-0.2, -0.15) is 0 Å². The molecule has 194 valence electrons. The Labute approximate surface area is 225 Å². The number of hydrogen-bond acceptors (Lipinski definition) is 8. The predicted octanol–water partition coefficient (Wildman–Crippen LogP) is 3.13. The fraction of sp³-hybridized carbons (Fsp3) is 0.308. The number of carbonyl (C=O) groups is 3. The molecule has 3 atom stereocenters. The number of aromatic nitrogens is 4. The molecule has 1 saturated carbocycles. The van der Waals surface area contributed by atoms with E-state index in [9.17, 15) is 14.4 Å². The van der Waals surface area contributed by atoms with Crippen molar-refractivity contribution in [1.29, 1.82) is 0 Å². The molecule has 2 amide bonds. The lowest BCUT2D eigenvalue weighted by atomic mass is 10.0. The molecule has 1 saturated heterocycles. The molecular weight excluding hydrogens is 554 g/mol. The van der Waals surface area contributed by atoms with Crippen LogP contribution in [-0.2, 0) is 20.9 Å². The Morgan fingerprint density at radius 2 is 1.97 bits per heavy atom. The minimum absolute atomic E-state index is 0.0471. The number of para-hydroxylation sites is 1. The number of anilines is 2. The molecule has 2 aliphatic rings. The number of nitrogens with one attached hydrogen (secondary N) is 1. The molecule has 4 aromatic rings. The van der Waals surface area contributed by atoms with Crippen molar-refractivity contribution in [3.05, 3.63) is 52.9 Å². The first-order valence-corrected chi connectivity index (χ1v) is 12.9. The maximum Gasteiger partial charge on any atom is 0.340 e. The predicted molar refractivity (Wildman–Crippen MR) is 143 cm³/mol. The first-order valence-electron chi connectivity index (χ1n) is 12.1. The van der Waals surface area contributed by atoms with Gasteiger partial charge in [-0.1, -0.05) is 25.1 Å². The number of halogens is 1. The number of hydrogen-bond donors (Lipinski definition) is 2. The van der Waals surface area contributed by atoms with Crippen LogP contribution in [0.1, 0.15) is 30.1 Å². The van der Waals surface area contributed by atoms with Gasteiger partial charge in [0.2, 0.25) is 11.8 Å². The van der Waals surface area contributed by atoms with Crippen molar-refractivity contribution in [3.8, 4) is 0 Å². The maximum absolute atomic E-state index is 13.9. The molecule has 12 heteroatoms. The number of ether oxygens (including phenoxy) is 1. The summed E-state index contributed by atoms with van der Waals surface area (Å²) >= 11 is 3.31. The normalized spacial score (nSPS) is 21.9. The van der Waals surface area contributed by atoms with Gasteiger partial charge in [-0.25, -0.2) is 19.7 Å². The first-order chi connectivity index (χ1) is 18.2. The SMILES string of the molecule is COC(=O)c1cccc2c3c(N)ncnc3n(CC(=O)N3[C@H](C(=O)Nc4cccc(Br)n4)C[C@@]4(C)C[C@@H]34)c12. The molecule has 11 nitrogen and oxygen atoms in total. The Kier molecular flexibility index (Phi) is 5.60. The van der Waals surface area contributed by atoms with Crippen LogP contribution in [0.5, 0.6) is 0 Å². The number of carbonyl (C=O) groups excluding carboxylic acids is 3. The minimum atomic E-state index is -0.653. The lowest BCUT2D eigenvalue weighted by molar-refractivity contribution is -0.138. The Hall–Kier alpha value is -4.06. The quantitative estimate of drug-likeness (QED) is 0.272. The van der Waals surface area contributed by atoms with Crippen LogP contribution < -0.4 is 11.1 Å². The number of fused-ring (bicyclic) bond motifs is 4. The number of nitrogens with two attached hydrogens (primary N) is 1. The van der Waals surface area contributed by atoms with E-state index in [0.29, 0.717) is 38.8 Å². The van der Waals surface area contributed by atoms with Gasteiger partial charge in [0.05, 0.1) is 23.6 Å². The van der Waals surface area contributed by atoms with Crippen LogP contribution in [0.2, 0.25) is 0 Å². The van der Waals surface area contributed by atoms with Gasteiger partial charge >= 0.3 is 5.97 Å². The van der Waals surface area contributed by atoms with Gasteiger partial charge in [0, 0.05) is 11.4 Å². The van der Waals surface area contributed by atoms with E-state index in [0.717, 1.165) is 6.42 Å². The molecule has 1 aliphatic heterocycles. The third kappa shape index (κ3) is 3.78. The first kappa shape index (κ1) is 24.3. The number of rotatable bonds is 5. The van der Waals surface area contributed by atoms with E-state index in [1.807, 2.05) is 0 Å². The molecule has 0 bridgehead atoms. The van der Waals surface area contributed by atoms with Crippen LogP contribution in [0.25, 0.3) is 21.9 Å². The number of nitrogen functional groups attached to an aromatic ring is 1. The number of amides is 2. The van der Waals surface area contributed by atoms with Crippen molar-refractivity contribution in [1.82, 2.24) is 24.4 Å². The van der Waals surface area contributed by atoms with E-state index in [-0.39, 0.29) is 41.2 Å². The highest BCUT2D eigenvalue weighted by Crippen LogP contribution is 2.59. The van der Waals surface area contributed by atoms with Gasteiger partial charge in [0.15, 0.2) is 0 Å². The van der Waals surface area contributed by atoms with Gasteiger partial charge < -0.3 is 25.3 Å². The molecule has 1 aromatic carbocycles. The molecular formula is C26H24BrN7O4. The Bertz CT molecular complexity index is 1650. The Morgan fingerprint density at radius 1 is 1.18 bits per heavy atom. The summed E-state index contributed by atoms with van der Waals surface area (Å²) in [7, 11) is 1.30. The number of nitrogens with zero attached hydrogens (tertiary/aromatic N) is 5. The van der Waals surface area contributed by atoms with E-state index < -0.39 is 12.0 Å². The lowest BCUT2D eigenvalue weighted by Crippen LogP contribution is -2.46. The third-order valence-electron chi connectivity index (χ3n) is 7.58. The summed E-state index contributed by atoms with van der Waals surface area (Å²) in [5.74, 6) is -0.452. The van der Waals surface area contributed by atoms with Crippen LogP contribution in [0.15, 0.2) is 47.3 Å². The van der Waals surface area contributed by atoms with Crippen molar-refractivity contribution in [2.24, 2.45) is 5.41 Å². The van der Waals surface area contributed by atoms with E-state index in [1.54, 1.807) is 45.9 Å². The summed E-state index contributed by atoms with van der Waals surface area (Å²) in [6.45, 7) is 1.95. The Balaban J connectivity index is 1.39. The maximum atomic E-state index is 13.9. The molecule has 3 aromatic heterocycles. The highest BCUT2D eigenvalue weighted by atomic mass is 79.9. The molecule has 38 heavy (non-hydrogen) atoms. The van der Waals surface area contributed by atoms with Crippen LogP contribution in [0.4, 0.5) is 11.6 Å². The highest BCUT2D eigenvalue weighted by Gasteiger charge is 2.64. The Morgan fingerprint density at radius 3 is 2.74 bits per heavy atom. The van der Waals surface area contributed by atoms with Gasteiger partial charge in [0.1, 0.15) is 40.8 Å². The zero-order valence-electron chi connectivity index (χ0n) is 20.6. The number of methoxy groups -OCH3 is 1. The summed E-state index contributed by atoms with van der Waals surface area (Å²) in [4.78, 5) is 54.4. The van der Waals surface area contributed by atoms with E-state index in [4.69, 9.17) is 10.5 Å². The zero-order chi connectivity index (χ0) is 26.8. The van der Waals surface area contributed by atoms with Crippen LogP contribution in [0, 0.1) is 5.41 Å². The smallest absolute Gasteiger partial charge is 0.340 e. The standard InChI is InChI=1S/C26H24BrN7O4/c1-26-9-15(24(36)32-18-8-4-7-17(27)31-18)34(16(26)10-26)19(35)11-33-21-13(5-3-6-14(21)25(37)38-2)20-22(28)29-12-30-23(20)33/h3-8,12,15-16H,9-11H2,1-2H3,(H2,28,29,30)(H,31,32,36)/t15-,16+,26-/m0/s1. The van der Waals surface area contributed by atoms with Gasteiger partial charge in [-0.05, 0) is 52.4 Å². The fourth-order valence-corrected chi connectivity index (χ4v) is 6.03. The number of esters is 1. The van der Waals surface area contributed by atoms with Crippen molar-refractivity contribution in [3.63, 3.8) is 0 Å². The van der Waals surface area contributed by atoms with Crippen LogP contribution in [-0.4, -0.2) is 61.4 Å². The van der Waals surface area contributed by atoms with Crippen molar-refractivity contribution in [2.75, 3.05) is 18.2 Å². The number of benzene rings is 1. The molecule has 1 aliphatic carbocycles. The van der Waals surface area contributed by atoms with Gasteiger partial charge in [-0.15, -0.1) is 0 Å². The molecule has 0 unspecified atom stereocenters. The van der Waals surface area contributed by atoms with Crippen molar-refractivity contribution < 1.29 is 19.1 Å². The average Bonchev–Trinajstić information content (AvgIpc) is 3.29. The molecule has 2 fully saturated rings. The van der Waals surface area contributed by atoms with E-state index in [2.05, 4.69) is 43.1 Å². The zero-order valence-corrected chi connectivity index (χ0v) is 22.2. The minimum Gasteiger partial charge on any atom is -0.465 e. The van der Waals surface area contributed by atoms with Crippen LogP contribution in [0.3, 0.4) is 0 Å². The molecule has 3 N–H and O–H groups in total. The largest absolute Gasteiger partial charge is 0.465 e. The topological polar surface area (TPSA) is 145 Å². The molecule has 6 rings (SSSR count). The van der Waals surface area contributed by atoms with Crippen LogP contribution >= 0.6 is 15.9 Å². The van der Waals surface area contributed by atoms with E-state index in [1.165, 1.54) is 13.4 Å². The molecule has 0 radical (unpaired) electrons. The molecule has 0 spiro atoms. The number of piperidine rings is 1. The second-order valence-electron chi connectivity index (χ2n) is 9.97.